The second-order valence-electron chi connectivity index (χ2n) is 9.76. The molecule has 4 saturated heterocycles. The van der Waals surface area contributed by atoms with Gasteiger partial charge < -0.3 is 19.1 Å². The van der Waals surface area contributed by atoms with E-state index in [1.54, 1.807) is 18.2 Å². The summed E-state index contributed by atoms with van der Waals surface area (Å²) in [7, 11) is 1.61. The highest BCUT2D eigenvalue weighted by atomic mass is 16.5. The molecule has 0 unspecified atom stereocenters. The minimum atomic E-state index is -0.0644. The number of amidine groups is 1. The van der Waals surface area contributed by atoms with Crippen molar-refractivity contribution >= 4 is 6.02 Å². The molecule has 1 atom stereocenters. The lowest BCUT2D eigenvalue weighted by atomic mass is 9.80. The molecule has 0 saturated carbocycles. The summed E-state index contributed by atoms with van der Waals surface area (Å²) >= 11 is 0. The Morgan fingerprint density at radius 3 is 2.38 bits per heavy atom. The molecule has 0 radical (unpaired) electrons. The first kappa shape index (κ1) is 21.8. The molecular formula is C26H35N3O3. The fourth-order valence-electron chi connectivity index (χ4n) is 6.20. The average molecular weight is 438 g/mol. The Morgan fingerprint density at radius 2 is 1.75 bits per heavy atom. The smallest absolute Gasteiger partial charge is 0.300 e. The van der Waals surface area contributed by atoms with Crippen molar-refractivity contribution in [3.8, 4) is 12.5 Å². The third-order valence-electron chi connectivity index (χ3n) is 7.90. The Hall–Kier alpha value is -2.07. The number of methoxy groups -OCH3 is 1. The second kappa shape index (κ2) is 9.43. The first-order valence-corrected chi connectivity index (χ1v) is 12.1. The molecule has 0 aliphatic carbocycles. The van der Waals surface area contributed by atoms with Gasteiger partial charge in [-0.05, 0) is 68.2 Å². The van der Waals surface area contributed by atoms with Crippen molar-refractivity contribution in [2.75, 3.05) is 53.1 Å². The standard InChI is InChI=1S/C26H35N3O3/c1-3-27-25(30-2)29-18-26(19-29)16-22(17-32-26)28-12-8-20(9-13-28)23-6-4-5-7-24(23)21-10-14-31-15-11-21/h1,4-7,20-22H,8-19H2,2H3/t22-/m0/s1. The van der Waals surface area contributed by atoms with E-state index >= 15 is 0 Å². The van der Waals surface area contributed by atoms with E-state index in [0.717, 1.165) is 65.3 Å². The van der Waals surface area contributed by atoms with Crippen molar-refractivity contribution in [3.05, 3.63) is 35.4 Å². The average Bonchev–Trinajstić information content (AvgIpc) is 3.28. The summed E-state index contributed by atoms with van der Waals surface area (Å²) in [5, 5.41) is 0. The van der Waals surface area contributed by atoms with Crippen LogP contribution in [-0.2, 0) is 14.2 Å². The molecule has 172 valence electrons. The molecule has 0 amide bonds. The van der Waals surface area contributed by atoms with Crippen LogP contribution in [0.2, 0.25) is 0 Å². The van der Waals surface area contributed by atoms with Gasteiger partial charge in [0.05, 0.1) is 26.8 Å². The zero-order chi connectivity index (χ0) is 22.0. The molecular weight excluding hydrogens is 402 g/mol. The fourth-order valence-corrected chi connectivity index (χ4v) is 6.20. The van der Waals surface area contributed by atoms with Crippen LogP contribution in [0, 0.1) is 12.5 Å². The lowest BCUT2D eigenvalue weighted by Crippen LogP contribution is -2.63. The van der Waals surface area contributed by atoms with Crippen molar-refractivity contribution in [3.63, 3.8) is 0 Å². The van der Waals surface area contributed by atoms with Gasteiger partial charge >= 0.3 is 6.02 Å². The number of rotatable bonds is 3. The van der Waals surface area contributed by atoms with E-state index in [0.29, 0.717) is 23.9 Å². The Balaban J connectivity index is 1.16. The highest BCUT2D eigenvalue weighted by Gasteiger charge is 2.52. The molecule has 4 fully saturated rings. The van der Waals surface area contributed by atoms with Gasteiger partial charge in [-0.1, -0.05) is 30.7 Å². The fraction of sp³-hybridized carbons (Fsp3) is 0.654. The molecule has 0 N–H and O–H groups in total. The van der Waals surface area contributed by atoms with Crippen LogP contribution in [0.1, 0.15) is 55.1 Å². The SMILES string of the molecule is C#CN=C(OC)N1CC2(C[C@H](N3CCC(c4ccccc4C4CCOCC4)CC3)CO2)C1. The lowest BCUT2D eigenvalue weighted by Gasteiger charge is -2.47. The molecule has 1 aromatic rings. The summed E-state index contributed by atoms with van der Waals surface area (Å²) in [4.78, 5) is 8.72. The molecule has 32 heavy (non-hydrogen) atoms. The van der Waals surface area contributed by atoms with Crippen LogP contribution >= 0.6 is 0 Å². The van der Waals surface area contributed by atoms with E-state index in [1.807, 2.05) is 0 Å². The van der Waals surface area contributed by atoms with E-state index in [9.17, 15) is 0 Å². The van der Waals surface area contributed by atoms with E-state index in [2.05, 4.69) is 45.1 Å². The van der Waals surface area contributed by atoms with Gasteiger partial charge in [-0.3, -0.25) is 4.90 Å². The zero-order valence-electron chi connectivity index (χ0n) is 19.2. The van der Waals surface area contributed by atoms with Crippen molar-refractivity contribution < 1.29 is 14.2 Å². The second-order valence-corrected chi connectivity index (χ2v) is 9.76. The summed E-state index contributed by atoms with van der Waals surface area (Å²) < 4.78 is 17.2. The summed E-state index contributed by atoms with van der Waals surface area (Å²) in [5.74, 6) is 1.34. The molecule has 4 aliphatic heterocycles. The van der Waals surface area contributed by atoms with Gasteiger partial charge in [-0.15, -0.1) is 4.99 Å². The number of hydrogen-bond acceptors (Lipinski definition) is 5. The Labute approximate surface area is 191 Å². The monoisotopic (exact) mass is 437 g/mol. The molecule has 1 spiro atoms. The summed E-state index contributed by atoms with van der Waals surface area (Å²) in [6, 6.07) is 12.5. The number of ether oxygens (including phenoxy) is 3. The molecule has 4 heterocycles. The Morgan fingerprint density at radius 1 is 1.09 bits per heavy atom. The molecule has 1 aromatic carbocycles. The van der Waals surface area contributed by atoms with Crippen LogP contribution < -0.4 is 0 Å². The maximum atomic E-state index is 6.30. The first-order valence-electron chi connectivity index (χ1n) is 12.1. The highest BCUT2D eigenvalue weighted by Crippen LogP contribution is 2.41. The van der Waals surface area contributed by atoms with Gasteiger partial charge in [-0.2, -0.15) is 0 Å². The maximum absolute atomic E-state index is 6.30. The van der Waals surface area contributed by atoms with Crippen LogP contribution in [0.4, 0.5) is 0 Å². The molecule has 4 aliphatic rings. The number of benzene rings is 1. The largest absolute Gasteiger partial charge is 0.468 e. The van der Waals surface area contributed by atoms with Crippen LogP contribution in [-0.4, -0.2) is 80.6 Å². The van der Waals surface area contributed by atoms with E-state index in [-0.39, 0.29) is 5.60 Å². The number of aliphatic imine (C=N–C) groups is 1. The highest BCUT2D eigenvalue weighted by molar-refractivity contribution is 5.76. The van der Waals surface area contributed by atoms with Crippen LogP contribution in [0.25, 0.3) is 0 Å². The van der Waals surface area contributed by atoms with E-state index in [4.69, 9.17) is 20.6 Å². The van der Waals surface area contributed by atoms with Crippen LogP contribution in [0.3, 0.4) is 0 Å². The van der Waals surface area contributed by atoms with Crippen molar-refractivity contribution in [2.45, 2.75) is 55.6 Å². The number of nitrogens with zero attached hydrogens (tertiary/aromatic N) is 3. The Bertz CT molecular complexity index is 859. The molecule has 0 aromatic heterocycles. The maximum Gasteiger partial charge on any atom is 0.300 e. The number of hydrogen-bond donors (Lipinski definition) is 0. The minimum absolute atomic E-state index is 0.0644. The molecule has 0 bridgehead atoms. The summed E-state index contributed by atoms with van der Waals surface area (Å²) in [6.07, 6.45) is 11.2. The van der Waals surface area contributed by atoms with E-state index in [1.165, 1.54) is 12.8 Å². The predicted molar refractivity (Wildman–Crippen MR) is 125 cm³/mol. The van der Waals surface area contributed by atoms with Gasteiger partial charge in [-0.25, -0.2) is 0 Å². The molecule has 5 rings (SSSR count). The van der Waals surface area contributed by atoms with Crippen LogP contribution in [0.15, 0.2) is 29.3 Å². The molecule has 6 nitrogen and oxygen atoms in total. The van der Waals surface area contributed by atoms with Crippen molar-refractivity contribution in [1.29, 1.82) is 0 Å². The quantitative estimate of drug-likeness (QED) is 0.413. The number of terminal acetylenes is 1. The Kier molecular flexibility index (Phi) is 6.41. The topological polar surface area (TPSA) is 46.5 Å². The summed E-state index contributed by atoms with van der Waals surface area (Å²) in [6.45, 7) is 6.56. The third kappa shape index (κ3) is 4.26. The van der Waals surface area contributed by atoms with Gasteiger partial charge in [0.1, 0.15) is 5.60 Å². The molecule has 6 heteroatoms. The number of likely N-dealkylation sites (tertiary alicyclic amines) is 2. The third-order valence-corrected chi connectivity index (χ3v) is 7.90. The summed E-state index contributed by atoms with van der Waals surface area (Å²) in [5.41, 5.74) is 3.10. The van der Waals surface area contributed by atoms with Crippen molar-refractivity contribution in [2.24, 2.45) is 4.99 Å². The van der Waals surface area contributed by atoms with Gasteiger partial charge in [0.15, 0.2) is 0 Å². The number of piperidine rings is 1. The minimum Gasteiger partial charge on any atom is -0.468 e. The van der Waals surface area contributed by atoms with Crippen LogP contribution in [0.5, 0.6) is 0 Å². The predicted octanol–water partition coefficient (Wildman–Crippen LogP) is 3.20. The zero-order valence-corrected chi connectivity index (χ0v) is 19.2. The van der Waals surface area contributed by atoms with Gasteiger partial charge in [0.2, 0.25) is 0 Å². The lowest BCUT2D eigenvalue weighted by molar-refractivity contribution is -0.0898. The van der Waals surface area contributed by atoms with Gasteiger partial charge in [0, 0.05) is 25.3 Å². The van der Waals surface area contributed by atoms with Crippen molar-refractivity contribution in [1.82, 2.24) is 9.80 Å². The van der Waals surface area contributed by atoms with Gasteiger partial charge in [0.25, 0.3) is 0 Å². The van der Waals surface area contributed by atoms with E-state index < -0.39 is 0 Å². The normalized spacial score (nSPS) is 27.3. The first-order chi connectivity index (χ1) is 15.7.